The quantitative estimate of drug-likeness (QED) is 0.676. The summed E-state index contributed by atoms with van der Waals surface area (Å²) < 4.78 is 11.9. The minimum atomic E-state index is -0.510. The van der Waals surface area contributed by atoms with E-state index in [2.05, 4.69) is 10.3 Å². The average molecular weight is 367 g/mol. The summed E-state index contributed by atoms with van der Waals surface area (Å²) in [5.74, 6) is 0.288. The predicted octanol–water partition coefficient (Wildman–Crippen LogP) is 3.27. The number of benzene rings is 2. The van der Waals surface area contributed by atoms with Gasteiger partial charge in [0.2, 0.25) is 0 Å². The van der Waals surface area contributed by atoms with E-state index in [1.165, 1.54) is 7.11 Å². The summed E-state index contributed by atoms with van der Waals surface area (Å²) >= 11 is 0. The first-order chi connectivity index (χ1) is 13.1. The minimum absolute atomic E-state index is 0.208. The number of imidazole rings is 1. The molecule has 1 aromatic heterocycles. The molecule has 0 aliphatic carbocycles. The van der Waals surface area contributed by atoms with Crippen LogP contribution in [0.5, 0.6) is 0 Å². The van der Waals surface area contributed by atoms with Gasteiger partial charge >= 0.3 is 12.1 Å². The van der Waals surface area contributed by atoms with Gasteiger partial charge in [0.15, 0.2) is 0 Å². The molecule has 0 aliphatic heterocycles. The Morgan fingerprint density at radius 1 is 1.15 bits per heavy atom. The highest BCUT2D eigenvalue weighted by atomic mass is 16.5. The van der Waals surface area contributed by atoms with Crippen molar-refractivity contribution in [1.82, 2.24) is 14.9 Å². The molecule has 27 heavy (non-hydrogen) atoms. The number of methoxy groups -OCH3 is 1. The highest BCUT2D eigenvalue weighted by molar-refractivity contribution is 5.93. The summed E-state index contributed by atoms with van der Waals surface area (Å²) in [4.78, 5) is 28.2. The molecule has 0 aliphatic rings. The molecule has 0 saturated heterocycles. The van der Waals surface area contributed by atoms with Crippen molar-refractivity contribution in [2.75, 3.05) is 7.11 Å². The van der Waals surface area contributed by atoms with E-state index in [1.54, 1.807) is 18.2 Å². The number of aromatic nitrogens is 2. The third-order valence-corrected chi connectivity index (χ3v) is 4.17. The number of ether oxygens (including phenoxy) is 2. The molecule has 2 aromatic carbocycles. The molecular formula is C20H21N3O4. The first kappa shape index (κ1) is 18.4. The summed E-state index contributed by atoms with van der Waals surface area (Å²) in [6, 6.07) is 14.7. The number of nitrogens with zero attached hydrogens (tertiary/aromatic N) is 2. The number of nitrogens with one attached hydrogen (secondary N) is 1. The van der Waals surface area contributed by atoms with E-state index in [9.17, 15) is 9.59 Å². The Morgan fingerprint density at radius 2 is 1.93 bits per heavy atom. The maximum atomic E-state index is 12.0. The number of rotatable bonds is 6. The summed E-state index contributed by atoms with van der Waals surface area (Å²) in [7, 11) is 1.35. The first-order valence-electron chi connectivity index (χ1n) is 8.64. The van der Waals surface area contributed by atoms with Crippen molar-refractivity contribution in [2.45, 2.75) is 26.6 Å². The van der Waals surface area contributed by atoms with Crippen LogP contribution in [0.4, 0.5) is 4.79 Å². The highest BCUT2D eigenvalue weighted by Gasteiger charge is 2.14. The van der Waals surface area contributed by atoms with E-state index in [-0.39, 0.29) is 13.2 Å². The number of esters is 1. The van der Waals surface area contributed by atoms with Gasteiger partial charge in [-0.25, -0.2) is 14.6 Å². The molecule has 7 nitrogen and oxygen atoms in total. The van der Waals surface area contributed by atoms with Crippen LogP contribution in [0.25, 0.3) is 11.0 Å². The van der Waals surface area contributed by atoms with Gasteiger partial charge in [-0.15, -0.1) is 0 Å². The lowest BCUT2D eigenvalue weighted by atomic mass is 10.2. The van der Waals surface area contributed by atoms with Gasteiger partial charge in [-0.05, 0) is 30.7 Å². The number of carbonyl (C=O) groups is 2. The number of fused-ring (bicyclic) bond motifs is 1. The largest absolute Gasteiger partial charge is 0.465 e. The standard InChI is InChI=1S/C20H21N3O4/c1-3-23-17-11-15(19(24)26-2)9-10-16(17)22-18(23)12-21-20(25)27-13-14-7-5-4-6-8-14/h4-11H,3,12-13H2,1-2H3,(H,21,25). The van der Waals surface area contributed by atoms with Crippen LogP contribution < -0.4 is 5.32 Å². The van der Waals surface area contributed by atoms with Crippen LogP contribution in [0.1, 0.15) is 28.7 Å². The topological polar surface area (TPSA) is 82.5 Å². The van der Waals surface area contributed by atoms with Crippen molar-refractivity contribution in [1.29, 1.82) is 0 Å². The number of carbonyl (C=O) groups excluding carboxylic acids is 2. The molecule has 0 unspecified atom stereocenters. The van der Waals surface area contributed by atoms with Gasteiger partial charge in [0.1, 0.15) is 12.4 Å². The zero-order valence-electron chi connectivity index (χ0n) is 15.3. The van der Waals surface area contributed by atoms with E-state index in [0.717, 1.165) is 16.6 Å². The highest BCUT2D eigenvalue weighted by Crippen LogP contribution is 2.19. The summed E-state index contributed by atoms with van der Waals surface area (Å²) in [5, 5.41) is 2.72. The molecule has 3 rings (SSSR count). The Balaban J connectivity index is 1.69. The van der Waals surface area contributed by atoms with Crippen LogP contribution in [0.3, 0.4) is 0 Å². The van der Waals surface area contributed by atoms with Crippen molar-refractivity contribution in [2.24, 2.45) is 0 Å². The zero-order chi connectivity index (χ0) is 19.2. The number of amides is 1. The lowest BCUT2D eigenvalue weighted by Crippen LogP contribution is -2.25. The van der Waals surface area contributed by atoms with Gasteiger partial charge in [-0.2, -0.15) is 0 Å². The molecule has 140 valence electrons. The molecule has 0 saturated carbocycles. The molecule has 0 fully saturated rings. The molecule has 0 spiro atoms. The van der Waals surface area contributed by atoms with Crippen LogP contribution in [-0.2, 0) is 29.2 Å². The van der Waals surface area contributed by atoms with Gasteiger partial charge in [0.05, 0.1) is 30.3 Å². The van der Waals surface area contributed by atoms with Crippen molar-refractivity contribution in [3.8, 4) is 0 Å². The fraction of sp³-hybridized carbons (Fsp3) is 0.250. The van der Waals surface area contributed by atoms with Crippen LogP contribution in [-0.4, -0.2) is 28.7 Å². The molecule has 1 N–H and O–H groups in total. The Morgan fingerprint density at radius 3 is 2.63 bits per heavy atom. The van der Waals surface area contributed by atoms with Crippen LogP contribution in [0.15, 0.2) is 48.5 Å². The molecule has 0 atom stereocenters. The third kappa shape index (κ3) is 4.25. The van der Waals surface area contributed by atoms with Crippen LogP contribution in [0, 0.1) is 0 Å². The molecule has 3 aromatic rings. The van der Waals surface area contributed by atoms with Gasteiger partial charge < -0.3 is 19.4 Å². The number of hydrogen-bond acceptors (Lipinski definition) is 5. The van der Waals surface area contributed by atoms with E-state index in [4.69, 9.17) is 9.47 Å². The van der Waals surface area contributed by atoms with Gasteiger partial charge in [-0.3, -0.25) is 0 Å². The molecule has 1 amide bonds. The first-order valence-corrected chi connectivity index (χ1v) is 8.64. The Labute approximate surface area is 156 Å². The average Bonchev–Trinajstić information content (AvgIpc) is 3.07. The monoisotopic (exact) mass is 367 g/mol. The predicted molar refractivity (Wildman–Crippen MR) is 100 cm³/mol. The number of hydrogen-bond donors (Lipinski definition) is 1. The molecule has 0 bridgehead atoms. The Bertz CT molecular complexity index is 951. The van der Waals surface area contributed by atoms with Gasteiger partial charge in [0.25, 0.3) is 0 Å². The Kier molecular flexibility index (Phi) is 5.71. The van der Waals surface area contributed by atoms with Crippen molar-refractivity contribution >= 4 is 23.1 Å². The molecule has 7 heteroatoms. The number of alkyl carbamates (subject to hydrolysis) is 1. The SMILES string of the molecule is CCn1c(CNC(=O)OCc2ccccc2)nc2ccc(C(=O)OC)cc21. The molecular weight excluding hydrogens is 346 g/mol. The lowest BCUT2D eigenvalue weighted by molar-refractivity contribution is 0.0601. The third-order valence-electron chi connectivity index (χ3n) is 4.17. The van der Waals surface area contributed by atoms with Crippen molar-refractivity contribution in [3.63, 3.8) is 0 Å². The fourth-order valence-electron chi connectivity index (χ4n) is 2.83. The fourth-order valence-corrected chi connectivity index (χ4v) is 2.83. The van der Waals surface area contributed by atoms with E-state index >= 15 is 0 Å². The molecule has 0 radical (unpaired) electrons. The smallest absolute Gasteiger partial charge is 0.407 e. The van der Waals surface area contributed by atoms with Gasteiger partial charge in [-0.1, -0.05) is 30.3 Å². The van der Waals surface area contributed by atoms with Gasteiger partial charge in [0, 0.05) is 6.54 Å². The second-order valence-electron chi connectivity index (χ2n) is 5.88. The maximum Gasteiger partial charge on any atom is 0.407 e. The zero-order valence-corrected chi connectivity index (χ0v) is 15.3. The summed E-state index contributed by atoms with van der Waals surface area (Å²) in [5.41, 5.74) is 2.94. The van der Waals surface area contributed by atoms with E-state index < -0.39 is 12.1 Å². The second kappa shape index (κ2) is 8.35. The second-order valence-corrected chi connectivity index (χ2v) is 5.88. The summed E-state index contributed by atoms with van der Waals surface area (Å²) in [6.45, 7) is 3.06. The van der Waals surface area contributed by atoms with Crippen LogP contribution in [0.2, 0.25) is 0 Å². The maximum absolute atomic E-state index is 12.0. The Hall–Kier alpha value is -3.35. The molecule has 1 heterocycles. The lowest BCUT2D eigenvalue weighted by Gasteiger charge is -2.09. The van der Waals surface area contributed by atoms with E-state index in [0.29, 0.717) is 17.9 Å². The normalized spacial score (nSPS) is 10.6. The minimum Gasteiger partial charge on any atom is -0.465 e. The van der Waals surface area contributed by atoms with Crippen LogP contribution >= 0.6 is 0 Å². The van der Waals surface area contributed by atoms with Crippen molar-refractivity contribution in [3.05, 3.63) is 65.5 Å². The summed E-state index contributed by atoms with van der Waals surface area (Å²) in [6.07, 6.45) is -0.510. The van der Waals surface area contributed by atoms with E-state index in [1.807, 2.05) is 41.8 Å². The number of aryl methyl sites for hydroxylation is 1. The van der Waals surface area contributed by atoms with Crippen molar-refractivity contribution < 1.29 is 19.1 Å².